The van der Waals surface area contributed by atoms with E-state index in [4.69, 9.17) is 25.1 Å². The fourth-order valence-corrected chi connectivity index (χ4v) is 9.95. The highest BCUT2D eigenvalue weighted by Gasteiger charge is 2.29. The summed E-state index contributed by atoms with van der Waals surface area (Å²) in [6, 6.07) is 9.83. The van der Waals surface area contributed by atoms with Crippen LogP contribution in [0.2, 0.25) is 0 Å². The number of hydrogen-bond donors (Lipinski definition) is 6. The smallest absolute Gasteiger partial charge is 0.355 e. The third kappa shape index (κ3) is 9.43. The molecule has 4 atom stereocenters. The molecule has 22 heteroatoms. The summed E-state index contributed by atoms with van der Waals surface area (Å²) < 4.78 is 6.07. The number of oxazole rings is 1. The van der Waals surface area contributed by atoms with Crippen molar-refractivity contribution in [1.29, 1.82) is 0 Å². The summed E-state index contributed by atoms with van der Waals surface area (Å²) in [7, 11) is 0. The Bertz CT molecular complexity index is 2900. The van der Waals surface area contributed by atoms with Crippen LogP contribution in [-0.4, -0.2) is 75.8 Å². The average molecular weight is 923 g/mol. The molecule has 0 fully saturated rings. The second kappa shape index (κ2) is 18.1. The molecule has 8 rings (SSSR count). The molecule has 0 spiro atoms. The van der Waals surface area contributed by atoms with Crippen molar-refractivity contribution in [3.63, 3.8) is 0 Å². The predicted molar refractivity (Wildman–Crippen MR) is 234 cm³/mol. The quantitative estimate of drug-likeness (QED) is 0.0635. The number of aliphatic carboxylic acids is 1. The van der Waals surface area contributed by atoms with Crippen LogP contribution in [0.4, 0.5) is 0 Å². The van der Waals surface area contributed by atoms with Crippen molar-refractivity contribution in [2.24, 2.45) is 11.7 Å². The lowest BCUT2D eigenvalue weighted by Gasteiger charge is -2.15. The maximum Gasteiger partial charge on any atom is 0.355 e. The van der Waals surface area contributed by atoms with Gasteiger partial charge in [-0.25, -0.2) is 39.5 Å². The van der Waals surface area contributed by atoms with E-state index < -0.39 is 41.7 Å². The van der Waals surface area contributed by atoms with Crippen LogP contribution in [0.1, 0.15) is 78.2 Å². The highest BCUT2D eigenvalue weighted by atomic mass is 32.1. The number of aryl methyl sites for hydroxylation is 1. The van der Waals surface area contributed by atoms with Gasteiger partial charge in [0.05, 0.1) is 29.8 Å². The number of hydrogen-bond acceptors (Lipinski definition) is 17. The number of primary amides is 1. The molecule has 1 aliphatic heterocycles. The summed E-state index contributed by atoms with van der Waals surface area (Å²) in [6.07, 6.45) is 3.66. The minimum Gasteiger partial charge on any atom is -0.480 e. The van der Waals surface area contributed by atoms with Crippen LogP contribution in [-0.2, 0) is 16.0 Å². The lowest BCUT2D eigenvalue weighted by atomic mass is 10.1. The maximum atomic E-state index is 13.9. The zero-order valence-electron chi connectivity index (χ0n) is 33.0. The number of nitrogens with one attached hydrogen (secondary N) is 3. The van der Waals surface area contributed by atoms with Crippen molar-refractivity contribution in [3.05, 3.63) is 115 Å². The van der Waals surface area contributed by atoms with E-state index in [2.05, 4.69) is 43.9 Å². The number of carboxylic acid groups (broad SMARTS) is 2. The molecule has 0 radical (unpaired) electrons. The monoisotopic (exact) mass is 922 g/mol. The molecule has 7 aromatic rings. The van der Waals surface area contributed by atoms with Crippen LogP contribution in [0.5, 0.6) is 0 Å². The van der Waals surface area contributed by atoms with E-state index in [1.807, 2.05) is 11.6 Å². The van der Waals surface area contributed by atoms with Gasteiger partial charge in [-0.05, 0) is 30.8 Å². The van der Waals surface area contributed by atoms with E-state index in [0.29, 0.717) is 43.9 Å². The molecule has 0 bridgehead atoms. The van der Waals surface area contributed by atoms with Gasteiger partial charge in [-0.1, -0.05) is 43.3 Å². The van der Waals surface area contributed by atoms with E-state index in [9.17, 15) is 34.2 Å². The largest absolute Gasteiger partial charge is 0.480 e. The first-order chi connectivity index (χ1) is 30.3. The molecular formula is C41H34N10O8S4. The molecule has 0 saturated carbocycles. The predicted octanol–water partition coefficient (Wildman–Crippen LogP) is 6.14. The first kappa shape index (κ1) is 42.7. The number of carbonyl (C=O) groups is 5. The SMILES string of the molecule is Cc1oc(-c2ccc(-c3nc(C(=O)O)cs3)nc2-c2csc(-c3csc(C4NC=CC4C)n3)n2)nc1C(=O)NC(CC(N)=O)c1nc(C(=O)NC(Cc2ccccc2)C(=O)O)cs1. The lowest BCUT2D eigenvalue weighted by Crippen LogP contribution is -2.42. The number of thiazole rings is 4. The van der Waals surface area contributed by atoms with Crippen LogP contribution >= 0.6 is 45.3 Å². The summed E-state index contributed by atoms with van der Waals surface area (Å²) >= 11 is 4.97. The molecule has 63 heavy (non-hydrogen) atoms. The van der Waals surface area contributed by atoms with Gasteiger partial charge in [0.15, 0.2) is 11.4 Å². The first-order valence-electron chi connectivity index (χ1n) is 19.0. The van der Waals surface area contributed by atoms with Gasteiger partial charge in [-0.3, -0.25) is 14.4 Å². The van der Waals surface area contributed by atoms with E-state index in [1.165, 1.54) is 40.4 Å². The molecule has 3 amide bonds. The van der Waals surface area contributed by atoms with Crippen LogP contribution in [0, 0.1) is 12.8 Å². The normalized spacial score (nSPS) is 15.4. The number of benzene rings is 1. The Labute approximate surface area is 373 Å². The van der Waals surface area contributed by atoms with Crippen LogP contribution in [0.15, 0.2) is 80.7 Å². The molecule has 320 valence electrons. The van der Waals surface area contributed by atoms with Gasteiger partial charge in [0.2, 0.25) is 11.8 Å². The van der Waals surface area contributed by atoms with Gasteiger partial charge in [-0.15, -0.1) is 45.3 Å². The van der Waals surface area contributed by atoms with Gasteiger partial charge >= 0.3 is 11.9 Å². The van der Waals surface area contributed by atoms with Gasteiger partial charge in [0.25, 0.3) is 11.8 Å². The fraction of sp³-hybridized carbons (Fsp3) is 0.195. The van der Waals surface area contributed by atoms with Crippen LogP contribution in [0.3, 0.4) is 0 Å². The van der Waals surface area contributed by atoms with Crippen molar-refractivity contribution in [1.82, 2.24) is 45.9 Å². The molecule has 6 aromatic heterocycles. The summed E-state index contributed by atoms with van der Waals surface area (Å²) in [5.41, 5.74) is 8.07. The molecule has 7 N–H and O–H groups in total. The molecular weight excluding hydrogens is 889 g/mol. The number of amides is 3. The van der Waals surface area contributed by atoms with E-state index in [1.54, 1.807) is 47.8 Å². The Morgan fingerprint density at radius 3 is 2.27 bits per heavy atom. The van der Waals surface area contributed by atoms with Crippen LogP contribution < -0.4 is 21.7 Å². The Morgan fingerprint density at radius 1 is 0.810 bits per heavy atom. The standard InChI is InChI=1S/C41H34N10O8S4/c1-18-10-11-43-30(18)39-49-27(16-63-39)38-47-25(14-60-38)32-21(8-9-22(44-32)36-50-28(17-62-36)41(57)58)35-51-31(19(2)59-35)34(54)45-23(13-29(42)52)37-48-26(15-61-37)33(53)46-24(40(55)56)12-20-6-4-3-5-7-20/h3-11,14-18,23-24,30,43H,12-13H2,1-2H3,(H2,42,52)(H,45,54)(H,46,53)(H,55,56)(H,57,58). The van der Waals surface area contributed by atoms with Gasteiger partial charge in [0, 0.05) is 33.9 Å². The summed E-state index contributed by atoms with van der Waals surface area (Å²) in [5, 5.41) is 36.5. The molecule has 4 unspecified atom stereocenters. The lowest BCUT2D eigenvalue weighted by molar-refractivity contribution is -0.139. The third-order valence-electron chi connectivity index (χ3n) is 9.68. The van der Waals surface area contributed by atoms with Crippen molar-refractivity contribution < 1.29 is 38.6 Å². The number of aromatic carboxylic acids is 1. The number of carboxylic acids is 2. The summed E-state index contributed by atoms with van der Waals surface area (Å²) in [5.74, 6) is -4.27. The van der Waals surface area contributed by atoms with Gasteiger partial charge < -0.3 is 36.3 Å². The molecule has 0 saturated heterocycles. The Hall–Kier alpha value is -7.01. The minimum atomic E-state index is -1.25. The van der Waals surface area contributed by atoms with Gasteiger partial charge in [0.1, 0.15) is 54.6 Å². The highest BCUT2D eigenvalue weighted by Crippen LogP contribution is 2.38. The molecule has 0 aliphatic carbocycles. The average Bonchev–Trinajstić information content (AvgIpc) is 4.12. The molecule has 7 heterocycles. The number of carbonyl (C=O) groups excluding carboxylic acids is 3. The molecule has 18 nitrogen and oxygen atoms in total. The van der Waals surface area contributed by atoms with E-state index >= 15 is 0 Å². The number of pyridine rings is 1. The highest BCUT2D eigenvalue weighted by molar-refractivity contribution is 7.14. The van der Waals surface area contributed by atoms with Crippen molar-refractivity contribution in [2.75, 3.05) is 0 Å². The maximum absolute atomic E-state index is 13.9. The molecule has 1 aromatic carbocycles. The number of nitrogens with two attached hydrogens (primary N) is 1. The molecule has 1 aliphatic rings. The third-order valence-corrected chi connectivity index (χ3v) is 13.3. The zero-order valence-corrected chi connectivity index (χ0v) is 36.2. The zero-order chi connectivity index (χ0) is 44.4. The van der Waals surface area contributed by atoms with E-state index in [0.717, 1.165) is 27.7 Å². The van der Waals surface area contributed by atoms with Crippen molar-refractivity contribution in [2.45, 2.75) is 44.8 Å². The van der Waals surface area contributed by atoms with E-state index in [-0.39, 0.29) is 58.5 Å². The van der Waals surface area contributed by atoms with Crippen LogP contribution in [0.25, 0.3) is 44.2 Å². The number of aromatic nitrogens is 6. The number of rotatable bonds is 16. The second-order valence-corrected chi connectivity index (χ2v) is 17.6. The Balaban J connectivity index is 1.06. The topological polar surface area (TPSA) is 278 Å². The summed E-state index contributed by atoms with van der Waals surface area (Å²) in [4.78, 5) is 90.6. The van der Waals surface area contributed by atoms with Crippen molar-refractivity contribution >= 4 is 75.0 Å². The minimum absolute atomic E-state index is 0.0134. The second-order valence-electron chi connectivity index (χ2n) is 14.2. The van der Waals surface area contributed by atoms with Gasteiger partial charge in [-0.2, -0.15) is 0 Å². The van der Waals surface area contributed by atoms with Crippen molar-refractivity contribution in [3.8, 4) is 44.2 Å². The Morgan fingerprint density at radius 2 is 1.56 bits per heavy atom. The Kier molecular flexibility index (Phi) is 12.3. The number of nitrogens with zero attached hydrogens (tertiary/aromatic N) is 6. The fourth-order valence-electron chi connectivity index (χ4n) is 6.52. The summed E-state index contributed by atoms with van der Waals surface area (Å²) in [6.45, 7) is 3.65. The first-order valence-corrected chi connectivity index (χ1v) is 22.5.